The molecule has 6 heteroatoms. The second-order valence-corrected chi connectivity index (χ2v) is 4.63. The zero-order valence-corrected chi connectivity index (χ0v) is 10.7. The van der Waals surface area contributed by atoms with Gasteiger partial charge in [-0.05, 0) is 30.2 Å². The van der Waals surface area contributed by atoms with E-state index in [9.17, 15) is 9.59 Å². The summed E-state index contributed by atoms with van der Waals surface area (Å²) in [6, 6.07) is 5.85. The van der Waals surface area contributed by atoms with Crippen molar-refractivity contribution in [2.75, 3.05) is 24.5 Å². The lowest BCUT2D eigenvalue weighted by molar-refractivity contribution is -0.117. The average Bonchev–Trinajstić information content (AvgIpc) is 2.36. The molecule has 1 aliphatic rings. The predicted octanol–water partition coefficient (Wildman–Crippen LogP) is -0.891. The predicted molar refractivity (Wildman–Crippen MR) is 72.5 cm³/mol. The van der Waals surface area contributed by atoms with E-state index < -0.39 is 11.8 Å². The van der Waals surface area contributed by atoms with Crippen molar-refractivity contribution in [3.05, 3.63) is 29.3 Å². The standard InChI is InChI=1S/C13H18N4O2/c14-12(18)7-17(8-13(15)19)11-3-1-2-9-6-16-5-4-10(9)11/h1-3,16H,4-8H2,(H2,14,18)(H2,15,19). The van der Waals surface area contributed by atoms with E-state index in [0.29, 0.717) is 0 Å². The topological polar surface area (TPSA) is 101 Å². The Bertz CT molecular complexity index is 485. The Kier molecular flexibility index (Phi) is 4.01. The molecule has 0 aromatic heterocycles. The molecule has 6 nitrogen and oxygen atoms in total. The first kappa shape index (κ1) is 13.4. The van der Waals surface area contributed by atoms with Gasteiger partial charge in [0, 0.05) is 12.2 Å². The number of nitrogens with two attached hydrogens (primary N) is 2. The van der Waals surface area contributed by atoms with Crippen molar-refractivity contribution in [1.82, 2.24) is 5.32 Å². The van der Waals surface area contributed by atoms with Crippen LogP contribution in [0.5, 0.6) is 0 Å². The minimum Gasteiger partial charge on any atom is -0.368 e. The molecule has 2 amide bonds. The molecule has 102 valence electrons. The van der Waals surface area contributed by atoms with Gasteiger partial charge in [0.05, 0.1) is 13.1 Å². The van der Waals surface area contributed by atoms with Crippen LogP contribution in [0.25, 0.3) is 0 Å². The van der Waals surface area contributed by atoms with Crippen LogP contribution in [0.3, 0.4) is 0 Å². The Balaban J connectivity index is 2.35. The molecule has 1 aromatic rings. The van der Waals surface area contributed by atoms with Crippen molar-refractivity contribution in [3.8, 4) is 0 Å². The van der Waals surface area contributed by atoms with Crippen LogP contribution in [-0.2, 0) is 22.6 Å². The van der Waals surface area contributed by atoms with Crippen LogP contribution in [0.15, 0.2) is 18.2 Å². The summed E-state index contributed by atoms with van der Waals surface area (Å²) in [6.07, 6.45) is 0.861. The lowest BCUT2D eigenvalue weighted by Gasteiger charge is -2.28. The van der Waals surface area contributed by atoms with E-state index in [-0.39, 0.29) is 13.1 Å². The van der Waals surface area contributed by atoms with Gasteiger partial charge in [0.1, 0.15) is 0 Å². The maximum Gasteiger partial charge on any atom is 0.236 e. The molecule has 19 heavy (non-hydrogen) atoms. The van der Waals surface area contributed by atoms with E-state index in [2.05, 4.69) is 5.32 Å². The van der Waals surface area contributed by atoms with Crippen LogP contribution in [0.2, 0.25) is 0 Å². The fourth-order valence-corrected chi connectivity index (χ4v) is 2.41. The number of carbonyl (C=O) groups excluding carboxylic acids is 2. The molecular formula is C13H18N4O2. The van der Waals surface area contributed by atoms with Gasteiger partial charge in [0.2, 0.25) is 11.8 Å². The monoisotopic (exact) mass is 262 g/mol. The van der Waals surface area contributed by atoms with E-state index in [0.717, 1.165) is 30.8 Å². The molecule has 0 fully saturated rings. The lowest BCUT2D eigenvalue weighted by atomic mass is 9.98. The summed E-state index contributed by atoms with van der Waals surface area (Å²) in [6.45, 7) is 1.66. The van der Waals surface area contributed by atoms with E-state index in [4.69, 9.17) is 11.5 Å². The number of rotatable bonds is 5. The van der Waals surface area contributed by atoms with Gasteiger partial charge < -0.3 is 21.7 Å². The van der Waals surface area contributed by atoms with Gasteiger partial charge in [-0.15, -0.1) is 0 Å². The van der Waals surface area contributed by atoms with Gasteiger partial charge in [-0.25, -0.2) is 0 Å². The van der Waals surface area contributed by atoms with E-state index in [1.54, 1.807) is 4.90 Å². The molecule has 0 aliphatic carbocycles. The molecule has 0 saturated carbocycles. The molecule has 2 rings (SSSR count). The highest BCUT2D eigenvalue weighted by Gasteiger charge is 2.19. The summed E-state index contributed by atoms with van der Waals surface area (Å²) >= 11 is 0. The van der Waals surface area contributed by atoms with E-state index >= 15 is 0 Å². The molecular weight excluding hydrogens is 244 g/mol. The van der Waals surface area contributed by atoms with Gasteiger partial charge in [-0.3, -0.25) is 9.59 Å². The number of fused-ring (bicyclic) bond motifs is 1. The number of hydrogen-bond donors (Lipinski definition) is 3. The van der Waals surface area contributed by atoms with Gasteiger partial charge in [-0.1, -0.05) is 12.1 Å². The highest BCUT2D eigenvalue weighted by Crippen LogP contribution is 2.26. The number of amides is 2. The summed E-state index contributed by atoms with van der Waals surface area (Å²) in [4.78, 5) is 23.9. The van der Waals surface area contributed by atoms with Crippen LogP contribution < -0.4 is 21.7 Å². The third kappa shape index (κ3) is 3.23. The highest BCUT2D eigenvalue weighted by atomic mass is 16.2. The molecule has 0 atom stereocenters. The minimum atomic E-state index is -0.479. The van der Waals surface area contributed by atoms with Crippen molar-refractivity contribution in [2.24, 2.45) is 11.5 Å². The zero-order chi connectivity index (χ0) is 13.8. The van der Waals surface area contributed by atoms with Crippen LogP contribution >= 0.6 is 0 Å². The number of benzene rings is 1. The third-order valence-corrected chi connectivity index (χ3v) is 3.15. The van der Waals surface area contributed by atoms with Crippen molar-refractivity contribution >= 4 is 17.5 Å². The number of hydrogen-bond acceptors (Lipinski definition) is 4. The molecule has 0 saturated heterocycles. The van der Waals surface area contributed by atoms with Crippen LogP contribution in [-0.4, -0.2) is 31.4 Å². The van der Waals surface area contributed by atoms with Crippen LogP contribution in [0.4, 0.5) is 5.69 Å². The Morgan fingerprint density at radius 1 is 1.21 bits per heavy atom. The fraction of sp³-hybridized carbons (Fsp3) is 0.385. The Morgan fingerprint density at radius 3 is 2.53 bits per heavy atom. The van der Waals surface area contributed by atoms with Crippen molar-refractivity contribution in [1.29, 1.82) is 0 Å². The first-order valence-electron chi connectivity index (χ1n) is 6.21. The first-order chi connectivity index (χ1) is 9.08. The summed E-state index contributed by atoms with van der Waals surface area (Å²) in [7, 11) is 0. The molecule has 0 spiro atoms. The SMILES string of the molecule is NC(=O)CN(CC(N)=O)c1cccc2c1CCNC2. The Labute approximate surface area is 111 Å². The summed E-state index contributed by atoms with van der Waals surface area (Å²) in [5.74, 6) is -0.958. The normalized spacial score (nSPS) is 13.7. The fourth-order valence-electron chi connectivity index (χ4n) is 2.41. The summed E-state index contributed by atoms with van der Waals surface area (Å²) in [5.41, 5.74) is 13.7. The van der Waals surface area contributed by atoms with Crippen LogP contribution in [0, 0.1) is 0 Å². The van der Waals surface area contributed by atoms with Crippen LogP contribution in [0.1, 0.15) is 11.1 Å². The molecule has 1 aliphatic heterocycles. The molecule has 1 heterocycles. The third-order valence-electron chi connectivity index (χ3n) is 3.15. The van der Waals surface area contributed by atoms with Gasteiger partial charge in [-0.2, -0.15) is 0 Å². The minimum absolute atomic E-state index is 0.00712. The first-order valence-corrected chi connectivity index (χ1v) is 6.21. The van der Waals surface area contributed by atoms with Crippen molar-refractivity contribution in [3.63, 3.8) is 0 Å². The second kappa shape index (κ2) is 5.71. The smallest absolute Gasteiger partial charge is 0.236 e. The summed E-state index contributed by atoms with van der Waals surface area (Å²) < 4.78 is 0. The maximum atomic E-state index is 11.1. The number of anilines is 1. The molecule has 0 bridgehead atoms. The van der Waals surface area contributed by atoms with E-state index in [1.165, 1.54) is 5.56 Å². The summed E-state index contributed by atoms with van der Waals surface area (Å²) in [5, 5.41) is 3.29. The van der Waals surface area contributed by atoms with E-state index in [1.807, 2.05) is 18.2 Å². The molecule has 0 radical (unpaired) electrons. The molecule has 0 unspecified atom stereocenters. The molecule has 5 N–H and O–H groups in total. The second-order valence-electron chi connectivity index (χ2n) is 4.63. The quantitative estimate of drug-likeness (QED) is 0.640. The number of nitrogens with zero attached hydrogens (tertiary/aromatic N) is 1. The van der Waals surface area contributed by atoms with Crippen molar-refractivity contribution in [2.45, 2.75) is 13.0 Å². The van der Waals surface area contributed by atoms with Gasteiger partial charge >= 0.3 is 0 Å². The Hall–Kier alpha value is -2.08. The lowest BCUT2D eigenvalue weighted by Crippen LogP contribution is -2.40. The number of carbonyl (C=O) groups is 2. The van der Waals surface area contributed by atoms with Crippen molar-refractivity contribution < 1.29 is 9.59 Å². The van der Waals surface area contributed by atoms with Gasteiger partial charge in [0.25, 0.3) is 0 Å². The Morgan fingerprint density at radius 2 is 1.89 bits per heavy atom. The average molecular weight is 262 g/mol. The number of nitrogens with one attached hydrogen (secondary N) is 1. The zero-order valence-electron chi connectivity index (χ0n) is 10.7. The van der Waals surface area contributed by atoms with Gasteiger partial charge in [0.15, 0.2) is 0 Å². The number of primary amides is 2. The maximum absolute atomic E-state index is 11.1. The highest BCUT2D eigenvalue weighted by molar-refractivity contribution is 5.85. The largest absolute Gasteiger partial charge is 0.368 e. The molecule has 1 aromatic carbocycles.